The summed E-state index contributed by atoms with van der Waals surface area (Å²) >= 11 is 0. The average Bonchev–Trinajstić information content (AvgIpc) is 2.76. The summed E-state index contributed by atoms with van der Waals surface area (Å²) in [5.41, 5.74) is 8.63. The highest BCUT2D eigenvalue weighted by molar-refractivity contribution is 5.19. The fourth-order valence-electron chi connectivity index (χ4n) is 1.66. The molecule has 2 aromatic rings. The summed E-state index contributed by atoms with van der Waals surface area (Å²) in [6.45, 7) is 0.471. The van der Waals surface area contributed by atoms with Gasteiger partial charge in [-0.25, -0.2) is 9.37 Å². The van der Waals surface area contributed by atoms with Gasteiger partial charge in [-0.05, 0) is 30.5 Å². The summed E-state index contributed by atoms with van der Waals surface area (Å²) in [6, 6.07) is 6.54. The third kappa shape index (κ3) is 2.46. The van der Waals surface area contributed by atoms with Crippen molar-refractivity contribution in [1.29, 1.82) is 0 Å². The van der Waals surface area contributed by atoms with Gasteiger partial charge >= 0.3 is 0 Å². The maximum absolute atomic E-state index is 12.7. The molecule has 2 rings (SSSR count). The number of benzene rings is 1. The number of hydrogen-bond acceptors (Lipinski definition) is 2. The van der Waals surface area contributed by atoms with Gasteiger partial charge in [0.25, 0.3) is 0 Å². The number of rotatable bonds is 4. The van der Waals surface area contributed by atoms with Crippen LogP contribution in [-0.4, -0.2) is 9.97 Å². The molecule has 84 valence electrons. The molecule has 0 spiro atoms. The molecule has 1 aromatic heterocycles. The van der Waals surface area contributed by atoms with E-state index in [2.05, 4.69) is 9.97 Å². The van der Waals surface area contributed by atoms with Crippen molar-refractivity contribution in [2.24, 2.45) is 5.73 Å². The lowest BCUT2D eigenvalue weighted by Crippen LogP contribution is -2.02. The molecule has 0 radical (unpaired) electrons. The lowest BCUT2D eigenvalue weighted by Gasteiger charge is -2.01. The summed E-state index contributed by atoms with van der Waals surface area (Å²) in [6.07, 6.45) is 3.32. The molecule has 4 heteroatoms. The van der Waals surface area contributed by atoms with Crippen LogP contribution in [0.25, 0.3) is 0 Å². The van der Waals surface area contributed by atoms with Gasteiger partial charge in [0.05, 0.1) is 17.7 Å². The van der Waals surface area contributed by atoms with Gasteiger partial charge in [0.15, 0.2) is 0 Å². The van der Waals surface area contributed by atoms with Crippen molar-refractivity contribution in [1.82, 2.24) is 9.97 Å². The van der Waals surface area contributed by atoms with Crippen LogP contribution in [0.1, 0.15) is 17.0 Å². The maximum atomic E-state index is 12.7. The van der Waals surface area contributed by atoms with Crippen molar-refractivity contribution in [2.75, 3.05) is 0 Å². The quantitative estimate of drug-likeness (QED) is 0.823. The standard InChI is InChI=1S/C12H14FN3/c13-10-4-1-9(2-5-10)3-6-11-12(7-14)16-8-15-11/h1-2,4-5,8H,3,6-7,14H2,(H,15,16). The normalized spacial score (nSPS) is 10.6. The Morgan fingerprint density at radius 3 is 2.62 bits per heavy atom. The number of nitrogens with zero attached hydrogens (tertiary/aromatic N) is 1. The molecule has 0 unspecified atom stereocenters. The van der Waals surface area contributed by atoms with Crippen LogP contribution in [0.5, 0.6) is 0 Å². The molecule has 0 aliphatic carbocycles. The first-order chi connectivity index (χ1) is 7.79. The Labute approximate surface area is 93.5 Å². The summed E-state index contributed by atoms with van der Waals surface area (Å²) in [5.74, 6) is -0.203. The van der Waals surface area contributed by atoms with Crippen molar-refractivity contribution < 1.29 is 4.39 Å². The van der Waals surface area contributed by atoms with Crippen molar-refractivity contribution >= 4 is 0 Å². The maximum Gasteiger partial charge on any atom is 0.123 e. The topological polar surface area (TPSA) is 54.7 Å². The van der Waals surface area contributed by atoms with Gasteiger partial charge in [-0.1, -0.05) is 12.1 Å². The first-order valence-electron chi connectivity index (χ1n) is 5.25. The van der Waals surface area contributed by atoms with Gasteiger partial charge in [0.1, 0.15) is 5.82 Å². The van der Waals surface area contributed by atoms with E-state index in [1.165, 1.54) is 12.1 Å². The van der Waals surface area contributed by atoms with Crippen LogP contribution in [0, 0.1) is 5.82 Å². The predicted molar refractivity (Wildman–Crippen MR) is 60.3 cm³/mol. The Bertz CT molecular complexity index is 448. The van der Waals surface area contributed by atoms with Crippen LogP contribution in [0.2, 0.25) is 0 Å². The highest BCUT2D eigenvalue weighted by atomic mass is 19.1. The Hall–Kier alpha value is -1.68. The molecule has 0 fully saturated rings. The lowest BCUT2D eigenvalue weighted by molar-refractivity contribution is 0.627. The fourth-order valence-corrected chi connectivity index (χ4v) is 1.66. The third-order valence-corrected chi connectivity index (χ3v) is 2.58. The number of nitrogens with one attached hydrogen (secondary N) is 1. The number of hydrogen-bond donors (Lipinski definition) is 2. The number of aryl methyl sites for hydroxylation is 2. The Kier molecular flexibility index (Phi) is 3.31. The zero-order valence-corrected chi connectivity index (χ0v) is 8.91. The van der Waals surface area contributed by atoms with Gasteiger partial charge < -0.3 is 10.7 Å². The minimum Gasteiger partial charge on any atom is -0.347 e. The van der Waals surface area contributed by atoms with Crippen LogP contribution >= 0.6 is 0 Å². The molecule has 3 nitrogen and oxygen atoms in total. The van der Waals surface area contributed by atoms with E-state index in [1.54, 1.807) is 18.5 Å². The SMILES string of the molecule is NCc1[nH]cnc1CCc1ccc(F)cc1. The predicted octanol–water partition coefficient (Wildman–Crippen LogP) is 1.79. The molecule has 0 aliphatic rings. The number of imidazole rings is 1. The van der Waals surface area contributed by atoms with Crippen LogP contribution in [0.4, 0.5) is 4.39 Å². The number of H-pyrrole nitrogens is 1. The second-order valence-corrected chi connectivity index (χ2v) is 3.66. The molecule has 0 saturated carbocycles. The van der Waals surface area contributed by atoms with Crippen LogP contribution < -0.4 is 5.73 Å². The van der Waals surface area contributed by atoms with Crippen LogP contribution in [0.3, 0.4) is 0 Å². The molecule has 3 N–H and O–H groups in total. The van der Waals surface area contributed by atoms with Crippen LogP contribution in [-0.2, 0) is 19.4 Å². The molecule has 1 heterocycles. The highest BCUT2D eigenvalue weighted by Crippen LogP contribution is 2.09. The molecular weight excluding hydrogens is 205 g/mol. The van der Waals surface area contributed by atoms with Gasteiger partial charge in [0.2, 0.25) is 0 Å². The molecule has 0 saturated heterocycles. The summed E-state index contributed by atoms with van der Waals surface area (Å²) in [4.78, 5) is 7.21. The Balaban J connectivity index is 1.99. The first kappa shape index (κ1) is 10.8. The molecule has 16 heavy (non-hydrogen) atoms. The molecular formula is C12H14FN3. The van der Waals surface area contributed by atoms with Gasteiger partial charge in [-0.2, -0.15) is 0 Å². The van der Waals surface area contributed by atoms with E-state index in [0.29, 0.717) is 6.54 Å². The highest BCUT2D eigenvalue weighted by Gasteiger charge is 2.04. The number of aromatic nitrogens is 2. The lowest BCUT2D eigenvalue weighted by atomic mass is 10.1. The molecule has 0 aliphatic heterocycles. The molecule has 0 bridgehead atoms. The van der Waals surface area contributed by atoms with E-state index in [0.717, 1.165) is 29.8 Å². The Morgan fingerprint density at radius 2 is 1.94 bits per heavy atom. The second kappa shape index (κ2) is 4.90. The fraction of sp³-hybridized carbons (Fsp3) is 0.250. The minimum absolute atomic E-state index is 0.203. The van der Waals surface area contributed by atoms with Crippen molar-refractivity contribution in [3.8, 4) is 0 Å². The van der Waals surface area contributed by atoms with Crippen molar-refractivity contribution in [2.45, 2.75) is 19.4 Å². The summed E-state index contributed by atoms with van der Waals surface area (Å²) in [5, 5.41) is 0. The summed E-state index contributed by atoms with van der Waals surface area (Å²) in [7, 11) is 0. The first-order valence-corrected chi connectivity index (χ1v) is 5.25. The minimum atomic E-state index is -0.203. The Morgan fingerprint density at radius 1 is 1.19 bits per heavy atom. The monoisotopic (exact) mass is 219 g/mol. The van der Waals surface area contributed by atoms with Crippen molar-refractivity contribution in [3.63, 3.8) is 0 Å². The smallest absolute Gasteiger partial charge is 0.123 e. The average molecular weight is 219 g/mol. The zero-order chi connectivity index (χ0) is 11.4. The zero-order valence-electron chi connectivity index (χ0n) is 8.91. The van der Waals surface area contributed by atoms with E-state index < -0.39 is 0 Å². The number of halogens is 1. The number of nitrogens with two attached hydrogens (primary N) is 1. The van der Waals surface area contributed by atoms with Crippen molar-refractivity contribution in [3.05, 3.63) is 53.4 Å². The summed E-state index contributed by atoms with van der Waals surface area (Å²) < 4.78 is 12.7. The van der Waals surface area contributed by atoms with E-state index in [-0.39, 0.29) is 5.82 Å². The van der Waals surface area contributed by atoms with Crippen LogP contribution in [0.15, 0.2) is 30.6 Å². The van der Waals surface area contributed by atoms with E-state index >= 15 is 0 Å². The van der Waals surface area contributed by atoms with Gasteiger partial charge in [0, 0.05) is 6.54 Å². The number of aromatic amines is 1. The molecule has 0 amide bonds. The third-order valence-electron chi connectivity index (χ3n) is 2.58. The van der Waals surface area contributed by atoms with E-state index in [4.69, 9.17) is 5.73 Å². The van der Waals surface area contributed by atoms with Gasteiger partial charge in [-0.15, -0.1) is 0 Å². The van der Waals surface area contributed by atoms with E-state index in [9.17, 15) is 4.39 Å². The largest absolute Gasteiger partial charge is 0.347 e. The van der Waals surface area contributed by atoms with Gasteiger partial charge in [-0.3, -0.25) is 0 Å². The second-order valence-electron chi connectivity index (χ2n) is 3.66. The van der Waals surface area contributed by atoms with E-state index in [1.807, 2.05) is 0 Å². The molecule has 0 atom stereocenters. The molecule has 1 aromatic carbocycles.